The highest BCUT2D eigenvalue weighted by atomic mass is 32.2. The molecule has 22 heavy (non-hydrogen) atoms. The van der Waals surface area contributed by atoms with Crippen LogP contribution in [0.25, 0.3) is 0 Å². The lowest BCUT2D eigenvalue weighted by atomic mass is 10.1. The zero-order chi connectivity index (χ0) is 17.0. The summed E-state index contributed by atoms with van der Waals surface area (Å²) in [5, 5.41) is 2.42. The van der Waals surface area contributed by atoms with Crippen LogP contribution in [0, 0.1) is 0 Å². The Bertz CT molecular complexity index is 504. The van der Waals surface area contributed by atoms with Gasteiger partial charge in [0.05, 0.1) is 6.26 Å². The van der Waals surface area contributed by atoms with Crippen molar-refractivity contribution < 1.29 is 22.7 Å². The summed E-state index contributed by atoms with van der Waals surface area (Å²) in [5.41, 5.74) is -0.608. The molecule has 1 aliphatic heterocycles. The number of carbonyl (C=O) groups is 2. The van der Waals surface area contributed by atoms with E-state index >= 15 is 0 Å². The van der Waals surface area contributed by atoms with Crippen LogP contribution >= 0.6 is 0 Å². The molecule has 0 aromatic heterocycles. The number of sulfonamides is 1. The molecule has 0 unspecified atom stereocenters. The van der Waals surface area contributed by atoms with Gasteiger partial charge in [0, 0.05) is 19.1 Å². The minimum Gasteiger partial charge on any atom is -0.444 e. The number of piperidine rings is 1. The average molecular weight is 335 g/mol. The Morgan fingerprint density at radius 2 is 1.77 bits per heavy atom. The van der Waals surface area contributed by atoms with Crippen LogP contribution < -0.4 is 10.0 Å². The second kappa shape index (κ2) is 7.28. The highest BCUT2D eigenvalue weighted by molar-refractivity contribution is 7.88. The van der Waals surface area contributed by atoms with Crippen LogP contribution in [0.5, 0.6) is 0 Å². The third kappa shape index (κ3) is 7.60. The first kappa shape index (κ1) is 18.7. The molecule has 8 nitrogen and oxygen atoms in total. The molecule has 128 valence electrons. The molecule has 0 spiro atoms. The number of alkyl carbamates (subject to hydrolysis) is 1. The summed E-state index contributed by atoms with van der Waals surface area (Å²) >= 11 is 0. The Morgan fingerprint density at radius 3 is 2.23 bits per heavy atom. The molecule has 0 radical (unpaired) electrons. The van der Waals surface area contributed by atoms with Crippen molar-refractivity contribution in [1.29, 1.82) is 0 Å². The lowest BCUT2D eigenvalue weighted by Crippen LogP contribution is -2.49. The number of likely N-dealkylation sites (tertiary alicyclic amines) is 1. The predicted molar refractivity (Wildman–Crippen MR) is 81.8 cm³/mol. The Balaban J connectivity index is 2.33. The van der Waals surface area contributed by atoms with Crippen molar-refractivity contribution in [2.24, 2.45) is 0 Å². The Labute approximate surface area is 131 Å². The monoisotopic (exact) mass is 335 g/mol. The molecule has 1 aliphatic rings. The summed E-state index contributed by atoms with van der Waals surface area (Å²) in [6.07, 6.45) is 1.61. The fourth-order valence-corrected chi connectivity index (χ4v) is 2.96. The summed E-state index contributed by atoms with van der Waals surface area (Å²) in [4.78, 5) is 25.1. The number of amides is 2. The van der Waals surface area contributed by atoms with Gasteiger partial charge in [-0.05, 0) is 33.6 Å². The molecule has 1 rings (SSSR count). The summed E-state index contributed by atoms with van der Waals surface area (Å²) in [6.45, 7) is 6.03. The fourth-order valence-electron chi connectivity index (χ4n) is 2.12. The zero-order valence-electron chi connectivity index (χ0n) is 13.5. The van der Waals surface area contributed by atoms with Gasteiger partial charge in [-0.1, -0.05) is 0 Å². The first-order valence-electron chi connectivity index (χ1n) is 7.18. The van der Waals surface area contributed by atoms with Crippen molar-refractivity contribution in [3.8, 4) is 0 Å². The van der Waals surface area contributed by atoms with Crippen molar-refractivity contribution in [1.82, 2.24) is 14.9 Å². The van der Waals surface area contributed by atoms with Crippen molar-refractivity contribution in [2.75, 3.05) is 25.9 Å². The summed E-state index contributed by atoms with van der Waals surface area (Å²) in [5.74, 6) is -0.205. The number of carbonyl (C=O) groups excluding carboxylic acids is 2. The number of ether oxygens (including phenoxy) is 1. The molecule has 0 saturated carbocycles. The molecule has 0 atom stereocenters. The molecule has 2 N–H and O–H groups in total. The van der Waals surface area contributed by atoms with E-state index < -0.39 is 21.7 Å². The molecular weight excluding hydrogens is 310 g/mol. The van der Waals surface area contributed by atoms with E-state index in [0.717, 1.165) is 6.26 Å². The van der Waals surface area contributed by atoms with E-state index in [2.05, 4.69) is 10.0 Å². The molecule has 0 aromatic carbocycles. The number of nitrogens with zero attached hydrogens (tertiary/aromatic N) is 1. The van der Waals surface area contributed by atoms with Crippen LogP contribution in [-0.4, -0.2) is 62.9 Å². The standard InChI is InChI=1S/C13H25N3O5S/c1-13(2,3)21-12(18)14-9-11(17)16-7-5-10(6-8-16)15-22(4,19)20/h10,15H,5-9H2,1-4H3,(H,14,18). The van der Waals surface area contributed by atoms with Gasteiger partial charge in [-0.2, -0.15) is 0 Å². The van der Waals surface area contributed by atoms with E-state index in [0.29, 0.717) is 25.9 Å². The van der Waals surface area contributed by atoms with Gasteiger partial charge in [-0.15, -0.1) is 0 Å². The molecule has 1 fully saturated rings. The van der Waals surface area contributed by atoms with E-state index in [1.54, 1.807) is 25.7 Å². The molecule has 0 bridgehead atoms. The van der Waals surface area contributed by atoms with Gasteiger partial charge in [0.1, 0.15) is 12.1 Å². The molecule has 0 aromatic rings. The average Bonchev–Trinajstić information content (AvgIpc) is 2.33. The number of hydrogen-bond donors (Lipinski definition) is 2. The van der Waals surface area contributed by atoms with Crippen LogP contribution in [-0.2, 0) is 19.6 Å². The lowest BCUT2D eigenvalue weighted by molar-refractivity contribution is -0.131. The fraction of sp³-hybridized carbons (Fsp3) is 0.846. The quantitative estimate of drug-likeness (QED) is 0.755. The van der Waals surface area contributed by atoms with Gasteiger partial charge < -0.3 is 15.0 Å². The third-order valence-corrected chi connectivity index (χ3v) is 3.77. The molecule has 1 heterocycles. The Morgan fingerprint density at radius 1 is 1.23 bits per heavy atom. The van der Waals surface area contributed by atoms with E-state index in [1.165, 1.54) is 0 Å². The van der Waals surface area contributed by atoms with Gasteiger partial charge in [-0.25, -0.2) is 17.9 Å². The van der Waals surface area contributed by atoms with E-state index in [4.69, 9.17) is 4.74 Å². The van der Waals surface area contributed by atoms with Crippen LogP contribution in [0.1, 0.15) is 33.6 Å². The molecule has 2 amide bonds. The van der Waals surface area contributed by atoms with Crippen LogP contribution in [0.2, 0.25) is 0 Å². The van der Waals surface area contributed by atoms with E-state index in [1.807, 2.05) is 0 Å². The third-order valence-electron chi connectivity index (χ3n) is 3.01. The van der Waals surface area contributed by atoms with Crippen LogP contribution in [0.3, 0.4) is 0 Å². The normalized spacial score (nSPS) is 17.2. The van der Waals surface area contributed by atoms with Gasteiger partial charge in [0.25, 0.3) is 0 Å². The summed E-state index contributed by atoms with van der Waals surface area (Å²) in [7, 11) is -3.23. The number of hydrogen-bond acceptors (Lipinski definition) is 5. The minimum absolute atomic E-state index is 0.126. The minimum atomic E-state index is -3.23. The Hall–Kier alpha value is -1.35. The maximum atomic E-state index is 12.0. The topological polar surface area (TPSA) is 105 Å². The van der Waals surface area contributed by atoms with E-state index in [9.17, 15) is 18.0 Å². The molecule has 1 saturated heterocycles. The molecule has 9 heteroatoms. The molecule has 0 aliphatic carbocycles. The van der Waals surface area contributed by atoms with Gasteiger partial charge in [0.2, 0.25) is 15.9 Å². The predicted octanol–water partition coefficient (Wildman–Crippen LogP) is 0.0513. The molecular formula is C13H25N3O5S. The maximum Gasteiger partial charge on any atom is 0.408 e. The largest absolute Gasteiger partial charge is 0.444 e. The van der Waals surface area contributed by atoms with Gasteiger partial charge in [-0.3, -0.25) is 4.79 Å². The first-order chi connectivity index (χ1) is 9.96. The van der Waals surface area contributed by atoms with Gasteiger partial charge in [0.15, 0.2) is 0 Å². The van der Waals surface area contributed by atoms with Crippen LogP contribution in [0.4, 0.5) is 4.79 Å². The maximum absolute atomic E-state index is 12.0. The van der Waals surface area contributed by atoms with E-state index in [-0.39, 0.29) is 18.5 Å². The Kier molecular flexibility index (Phi) is 6.18. The number of nitrogens with one attached hydrogen (secondary N) is 2. The smallest absolute Gasteiger partial charge is 0.408 e. The SMILES string of the molecule is CC(C)(C)OC(=O)NCC(=O)N1CCC(NS(C)(=O)=O)CC1. The highest BCUT2D eigenvalue weighted by Crippen LogP contribution is 2.11. The number of rotatable bonds is 4. The van der Waals surface area contributed by atoms with Crippen molar-refractivity contribution >= 4 is 22.0 Å². The van der Waals surface area contributed by atoms with Crippen molar-refractivity contribution in [3.63, 3.8) is 0 Å². The van der Waals surface area contributed by atoms with Gasteiger partial charge >= 0.3 is 6.09 Å². The zero-order valence-corrected chi connectivity index (χ0v) is 14.3. The first-order valence-corrected chi connectivity index (χ1v) is 9.07. The lowest BCUT2D eigenvalue weighted by Gasteiger charge is -2.32. The second-order valence-electron chi connectivity index (χ2n) is 6.40. The van der Waals surface area contributed by atoms with Crippen molar-refractivity contribution in [2.45, 2.75) is 45.3 Å². The second-order valence-corrected chi connectivity index (χ2v) is 8.18. The van der Waals surface area contributed by atoms with Crippen molar-refractivity contribution in [3.05, 3.63) is 0 Å². The summed E-state index contributed by atoms with van der Waals surface area (Å²) in [6, 6.07) is -0.141. The highest BCUT2D eigenvalue weighted by Gasteiger charge is 2.25. The van der Waals surface area contributed by atoms with Crippen LogP contribution in [0.15, 0.2) is 0 Å². The summed E-state index contributed by atoms with van der Waals surface area (Å²) < 4.78 is 29.9.